The van der Waals surface area contributed by atoms with Gasteiger partial charge in [0.05, 0.1) is 5.60 Å². The monoisotopic (exact) mass is 224 g/mol. The minimum atomic E-state index is -0.293. The van der Waals surface area contributed by atoms with Crippen LogP contribution in [0.15, 0.2) is 0 Å². The molecular weight excluding hydrogens is 196 g/mol. The topological polar surface area (TPSA) is 20.2 Å². The number of rotatable bonds is 1. The van der Waals surface area contributed by atoms with Gasteiger partial charge in [-0.25, -0.2) is 0 Å². The van der Waals surface area contributed by atoms with Crippen LogP contribution in [0, 0.1) is 17.3 Å². The molecule has 1 N–H and O–H groups in total. The Morgan fingerprint density at radius 3 is 1.88 bits per heavy atom. The maximum atomic E-state index is 10.8. The molecule has 0 radical (unpaired) electrons. The number of hydrogen-bond donors (Lipinski definition) is 1. The van der Waals surface area contributed by atoms with Gasteiger partial charge in [-0.3, -0.25) is 0 Å². The van der Waals surface area contributed by atoms with E-state index in [1.807, 2.05) is 0 Å². The molecule has 0 unspecified atom stereocenters. The first kappa shape index (κ1) is 12.4. The summed E-state index contributed by atoms with van der Waals surface area (Å²) in [5.74, 6) is 1.43. The van der Waals surface area contributed by atoms with Crippen molar-refractivity contribution in [3.05, 3.63) is 0 Å². The van der Waals surface area contributed by atoms with E-state index < -0.39 is 0 Å². The Kier molecular flexibility index (Phi) is 3.36. The highest BCUT2D eigenvalue weighted by Crippen LogP contribution is 2.47. The van der Waals surface area contributed by atoms with E-state index in [4.69, 9.17) is 0 Å². The van der Waals surface area contributed by atoms with E-state index in [2.05, 4.69) is 20.8 Å². The van der Waals surface area contributed by atoms with Gasteiger partial charge in [-0.1, -0.05) is 33.6 Å². The maximum Gasteiger partial charge on any atom is 0.0676 e. The standard InChI is InChI=1S/C15H28O/c1-14(2,3)12-8-10-15(16,11-9-12)13-6-4-5-7-13/h12-13,16H,4-11H2,1-3H3. The molecule has 1 heteroatoms. The van der Waals surface area contributed by atoms with Gasteiger partial charge >= 0.3 is 0 Å². The Morgan fingerprint density at radius 1 is 0.938 bits per heavy atom. The van der Waals surface area contributed by atoms with Gasteiger partial charge in [0.15, 0.2) is 0 Å². The Balaban J connectivity index is 1.93. The van der Waals surface area contributed by atoms with Crippen molar-refractivity contribution in [2.45, 2.75) is 77.7 Å². The molecule has 94 valence electrons. The smallest absolute Gasteiger partial charge is 0.0676 e. The molecule has 2 aliphatic rings. The van der Waals surface area contributed by atoms with Crippen molar-refractivity contribution in [3.8, 4) is 0 Å². The van der Waals surface area contributed by atoms with E-state index in [0.717, 1.165) is 18.8 Å². The quantitative estimate of drug-likeness (QED) is 0.709. The molecule has 0 aromatic carbocycles. The summed E-state index contributed by atoms with van der Waals surface area (Å²) in [5.41, 5.74) is 0.134. The molecule has 2 rings (SSSR count). The summed E-state index contributed by atoms with van der Waals surface area (Å²) >= 11 is 0. The first-order chi connectivity index (χ1) is 7.42. The summed E-state index contributed by atoms with van der Waals surface area (Å²) in [5, 5.41) is 10.8. The van der Waals surface area contributed by atoms with Crippen molar-refractivity contribution in [1.82, 2.24) is 0 Å². The van der Waals surface area contributed by atoms with E-state index >= 15 is 0 Å². The molecule has 1 nitrogen and oxygen atoms in total. The molecule has 16 heavy (non-hydrogen) atoms. The van der Waals surface area contributed by atoms with Gasteiger partial charge in [0.1, 0.15) is 0 Å². The highest BCUT2D eigenvalue weighted by atomic mass is 16.3. The third-order valence-corrected chi connectivity index (χ3v) is 5.19. The third kappa shape index (κ3) is 2.45. The lowest BCUT2D eigenvalue weighted by Crippen LogP contribution is -2.42. The molecule has 0 heterocycles. The van der Waals surface area contributed by atoms with E-state index in [1.54, 1.807) is 0 Å². The van der Waals surface area contributed by atoms with E-state index in [9.17, 15) is 5.11 Å². The van der Waals surface area contributed by atoms with Crippen LogP contribution in [0.2, 0.25) is 0 Å². The second-order valence-electron chi connectivity index (χ2n) is 7.23. The second kappa shape index (κ2) is 4.33. The largest absolute Gasteiger partial charge is 0.390 e. The van der Waals surface area contributed by atoms with Crippen LogP contribution >= 0.6 is 0 Å². The predicted molar refractivity (Wildman–Crippen MR) is 68.3 cm³/mol. The summed E-state index contributed by atoms with van der Waals surface area (Å²) in [6, 6.07) is 0. The van der Waals surface area contributed by atoms with Crippen molar-refractivity contribution in [2.24, 2.45) is 17.3 Å². The highest BCUT2D eigenvalue weighted by Gasteiger charge is 2.42. The normalized spacial score (nSPS) is 37.9. The summed E-state index contributed by atoms with van der Waals surface area (Å²) in [6.07, 6.45) is 9.81. The molecule has 0 aromatic rings. The minimum Gasteiger partial charge on any atom is -0.390 e. The summed E-state index contributed by atoms with van der Waals surface area (Å²) in [7, 11) is 0. The average Bonchev–Trinajstić information content (AvgIpc) is 2.70. The van der Waals surface area contributed by atoms with Gasteiger partial charge in [0, 0.05) is 0 Å². The zero-order chi connectivity index (χ0) is 11.8. The molecule has 2 fully saturated rings. The molecule has 0 aromatic heterocycles. The van der Waals surface area contributed by atoms with Gasteiger partial charge in [0.2, 0.25) is 0 Å². The summed E-state index contributed by atoms with van der Waals surface area (Å²) < 4.78 is 0. The fraction of sp³-hybridized carbons (Fsp3) is 1.00. The van der Waals surface area contributed by atoms with Crippen LogP contribution in [0.25, 0.3) is 0 Å². The molecule has 0 spiro atoms. The van der Waals surface area contributed by atoms with Crippen LogP contribution in [0.3, 0.4) is 0 Å². The van der Waals surface area contributed by atoms with Crippen LogP contribution < -0.4 is 0 Å². The van der Waals surface area contributed by atoms with Gasteiger partial charge in [-0.05, 0) is 55.8 Å². The fourth-order valence-corrected chi connectivity index (χ4v) is 3.86. The van der Waals surface area contributed by atoms with E-state index in [1.165, 1.54) is 38.5 Å². The Bertz CT molecular complexity index is 224. The predicted octanol–water partition coefficient (Wildman–Crippen LogP) is 4.14. The minimum absolute atomic E-state index is 0.293. The zero-order valence-electron chi connectivity index (χ0n) is 11.3. The van der Waals surface area contributed by atoms with Crippen LogP contribution in [-0.2, 0) is 0 Å². The van der Waals surface area contributed by atoms with Crippen LogP contribution in [0.1, 0.15) is 72.1 Å². The number of aliphatic hydroxyl groups is 1. The summed E-state index contributed by atoms with van der Waals surface area (Å²) in [6.45, 7) is 7.03. The first-order valence-electron chi connectivity index (χ1n) is 7.14. The number of hydrogen-bond acceptors (Lipinski definition) is 1. The average molecular weight is 224 g/mol. The molecule has 0 saturated heterocycles. The molecule has 2 aliphatic carbocycles. The Labute approximate surface area is 101 Å². The molecule has 2 saturated carbocycles. The molecular formula is C15H28O. The molecule has 0 aliphatic heterocycles. The van der Waals surface area contributed by atoms with Crippen molar-refractivity contribution in [1.29, 1.82) is 0 Å². The molecule has 0 atom stereocenters. The van der Waals surface area contributed by atoms with Gasteiger partial charge < -0.3 is 5.11 Å². The van der Waals surface area contributed by atoms with Crippen LogP contribution in [0.4, 0.5) is 0 Å². The maximum absolute atomic E-state index is 10.8. The Hall–Kier alpha value is -0.0400. The van der Waals surface area contributed by atoms with Crippen molar-refractivity contribution < 1.29 is 5.11 Å². The van der Waals surface area contributed by atoms with Crippen molar-refractivity contribution in [3.63, 3.8) is 0 Å². The lowest BCUT2D eigenvalue weighted by atomic mass is 9.65. The van der Waals surface area contributed by atoms with E-state index in [0.29, 0.717) is 11.3 Å². The third-order valence-electron chi connectivity index (χ3n) is 5.19. The van der Waals surface area contributed by atoms with Crippen LogP contribution in [0.5, 0.6) is 0 Å². The molecule has 0 amide bonds. The highest BCUT2D eigenvalue weighted by molar-refractivity contribution is 4.94. The van der Waals surface area contributed by atoms with E-state index in [-0.39, 0.29) is 5.60 Å². The lowest BCUT2D eigenvalue weighted by Gasteiger charge is -2.44. The summed E-state index contributed by atoms with van der Waals surface area (Å²) in [4.78, 5) is 0. The zero-order valence-corrected chi connectivity index (χ0v) is 11.3. The second-order valence-corrected chi connectivity index (χ2v) is 7.23. The van der Waals surface area contributed by atoms with Crippen molar-refractivity contribution in [2.75, 3.05) is 0 Å². The SMILES string of the molecule is CC(C)(C)C1CCC(O)(C2CCCC2)CC1. The lowest BCUT2D eigenvalue weighted by molar-refractivity contribution is -0.0679. The first-order valence-corrected chi connectivity index (χ1v) is 7.14. The van der Waals surface area contributed by atoms with Gasteiger partial charge in [-0.15, -0.1) is 0 Å². The van der Waals surface area contributed by atoms with Gasteiger partial charge in [-0.2, -0.15) is 0 Å². The van der Waals surface area contributed by atoms with Gasteiger partial charge in [0.25, 0.3) is 0 Å². The Morgan fingerprint density at radius 2 is 1.44 bits per heavy atom. The van der Waals surface area contributed by atoms with Crippen LogP contribution in [-0.4, -0.2) is 10.7 Å². The fourth-order valence-electron chi connectivity index (χ4n) is 3.86. The molecule has 0 bridgehead atoms. The van der Waals surface area contributed by atoms with Crippen molar-refractivity contribution >= 4 is 0 Å².